The molecule has 1 aliphatic rings. The maximum Gasteiger partial charge on any atom is 0.291 e. The largest absolute Gasteiger partial charge is 0.435 e. The third-order valence-electron chi connectivity index (χ3n) is 4.26. The molecule has 0 spiro atoms. The Kier molecular flexibility index (Phi) is 4.21. The van der Waals surface area contributed by atoms with Crippen molar-refractivity contribution in [1.29, 1.82) is 0 Å². The topological polar surface area (TPSA) is 95.2 Å². The van der Waals surface area contributed by atoms with E-state index in [1.165, 1.54) is 0 Å². The summed E-state index contributed by atoms with van der Waals surface area (Å²) in [6, 6.07) is 1.96. The van der Waals surface area contributed by atoms with E-state index in [9.17, 15) is 9.90 Å². The monoisotopic (exact) mass is 318 g/mol. The second-order valence-corrected chi connectivity index (χ2v) is 6.16. The van der Waals surface area contributed by atoms with Crippen LogP contribution < -0.4 is 0 Å². The number of H-pyrrole nitrogens is 1. The molecule has 3 heterocycles. The van der Waals surface area contributed by atoms with Crippen molar-refractivity contribution in [1.82, 2.24) is 20.1 Å². The number of aryl methyl sites for hydroxylation is 3. The fraction of sp³-hybridized carbons (Fsp3) is 0.562. The summed E-state index contributed by atoms with van der Waals surface area (Å²) >= 11 is 0. The maximum absolute atomic E-state index is 12.6. The minimum absolute atomic E-state index is 0.0180. The lowest BCUT2D eigenvalue weighted by Crippen LogP contribution is -2.29. The standard InChI is InChI=1S/C16H22N4O3/c1-4-14-17-10(3)15(23-14)16(22)20-7-11(13(21)8-20)6-12-5-9(2)18-19-12/h5,11,13,21H,4,6-8H2,1-3H3,(H,18,19)/t11-,13+/m1/s1. The summed E-state index contributed by atoms with van der Waals surface area (Å²) in [5.41, 5.74) is 2.50. The van der Waals surface area contributed by atoms with Gasteiger partial charge >= 0.3 is 0 Å². The first-order valence-electron chi connectivity index (χ1n) is 7.92. The van der Waals surface area contributed by atoms with Crippen LogP contribution >= 0.6 is 0 Å². The summed E-state index contributed by atoms with van der Waals surface area (Å²) in [4.78, 5) is 18.5. The maximum atomic E-state index is 12.6. The van der Waals surface area contributed by atoms with Gasteiger partial charge in [-0.05, 0) is 26.3 Å². The number of amides is 1. The van der Waals surface area contributed by atoms with Gasteiger partial charge in [-0.25, -0.2) is 4.98 Å². The summed E-state index contributed by atoms with van der Waals surface area (Å²) in [5.74, 6) is 0.629. The molecule has 7 nitrogen and oxygen atoms in total. The summed E-state index contributed by atoms with van der Waals surface area (Å²) in [6.45, 7) is 6.45. The first-order valence-corrected chi connectivity index (χ1v) is 7.92. The number of carbonyl (C=O) groups is 1. The van der Waals surface area contributed by atoms with Crippen LogP contribution in [0, 0.1) is 19.8 Å². The van der Waals surface area contributed by atoms with Crippen LogP contribution in [0.25, 0.3) is 0 Å². The predicted molar refractivity (Wildman–Crippen MR) is 83.0 cm³/mol. The van der Waals surface area contributed by atoms with E-state index in [2.05, 4.69) is 15.2 Å². The van der Waals surface area contributed by atoms with Gasteiger partial charge in [0.2, 0.25) is 5.76 Å². The van der Waals surface area contributed by atoms with Gasteiger partial charge in [0.25, 0.3) is 5.91 Å². The molecule has 124 valence electrons. The van der Waals surface area contributed by atoms with Crippen LogP contribution in [0.5, 0.6) is 0 Å². The third-order valence-corrected chi connectivity index (χ3v) is 4.26. The van der Waals surface area contributed by atoms with Crippen molar-refractivity contribution in [2.24, 2.45) is 5.92 Å². The van der Waals surface area contributed by atoms with E-state index < -0.39 is 6.10 Å². The third kappa shape index (κ3) is 3.14. The highest BCUT2D eigenvalue weighted by Gasteiger charge is 2.36. The van der Waals surface area contributed by atoms with Crippen molar-refractivity contribution in [3.05, 3.63) is 34.8 Å². The van der Waals surface area contributed by atoms with E-state index in [0.717, 1.165) is 11.4 Å². The average molecular weight is 318 g/mol. The van der Waals surface area contributed by atoms with Crippen molar-refractivity contribution >= 4 is 5.91 Å². The molecule has 0 saturated carbocycles. The van der Waals surface area contributed by atoms with Crippen LogP contribution in [0.3, 0.4) is 0 Å². The summed E-state index contributed by atoms with van der Waals surface area (Å²) in [5, 5.41) is 17.4. The number of hydrogen-bond acceptors (Lipinski definition) is 5. The molecule has 23 heavy (non-hydrogen) atoms. The molecule has 1 aliphatic heterocycles. The van der Waals surface area contributed by atoms with Crippen molar-refractivity contribution in [3.63, 3.8) is 0 Å². The van der Waals surface area contributed by atoms with Crippen LogP contribution in [0.1, 0.15) is 40.5 Å². The number of carbonyl (C=O) groups excluding carboxylic acids is 1. The molecule has 2 aromatic rings. The number of rotatable bonds is 4. The van der Waals surface area contributed by atoms with Gasteiger partial charge < -0.3 is 14.4 Å². The molecule has 0 aliphatic carbocycles. The average Bonchev–Trinajstić information content (AvgIpc) is 3.19. The van der Waals surface area contributed by atoms with E-state index in [1.807, 2.05) is 19.9 Å². The normalized spacial score (nSPS) is 21.1. The van der Waals surface area contributed by atoms with Gasteiger partial charge in [0.05, 0.1) is 17.5 Å². The zero-order valence-electron chi connectivity index (χ0n) is 13.7. The number of likely N-dealkylation sites (tertiary alicyclic amines) is 1. The fourth-order valence-corrected chi connectivity index (χ4v) is 3.01. The van der Waals surface area contributed by atoms with Gasteiger partial charge in [0.15, 0.2) is 5.89 Å². The zero-order chi connectivity index (χ0) is 16.6. The highest BCUT2D eigenvalue weighted by atomic mass is 16.4. The first-order chi connectivity index (χ1) is 11.0. The molecule has 1 amide bonds. The number of aromatic amines is 1. The van der Waals surface area contributed by atoms with Crippen LogP contribution in [0.15, 0.2) is 10.5 Å². The fourth-order valence-electron chi connectivity index (χ4n) is 3.01. The number of nitrogens with zero attached hydrogens (tertiary/aromatic N) is 3. The molecule has 2 aromatic heterocycles. The van der Waals surface area contributed by atoms with E-state index in [-0.39, 0.29) is 17.6 Å². The quantitative estimate of drug-likeness (QED) is 0.884. The Hall–Kier alpha value is -2.15. The van der Waals surface area contributed by atoms with E-state index in [1.54, 1.807) is 11.8 Å². The lowest BCUT2D eigenvalue weighted by atomic mass is 10.0. The summed E-state index contributed by atoms with van der Waals surface area (Å²) < 4.78 is 5.53. The van der Waals surface area contributed by atoms with Gasteiger partial charge in [-0.2, -0.15) is 5.10 Å². The summed E-state index contributed by atoms with van der Waals surface area (Å²) in [7, 11) is 0. The molecular weight excluding hydrogens is 296 g/mol. The number of oxazole rings is 1. The summed E-state index contributed by atoms with van der Waals surface area (Å²) in [6.07, 6.45) is 0.743. The van der Waals surface area contributed by atoms with Crippen LogP contribution in [0.2, 0.25) is 0 Å². The zero-order valence-corrected chi connectivity index (χ0v) is 13.7. The van der Waals surface area contributed by atoms with E-state index in [0.29, 0.717) is 37.5 Å². The molecule has 2 atom stereocenters. The van der Waals surface area contributed by atoms with Crippen molar-refractivity contribution < 1.29 is 14.3 Å². The molecule has 7 heteroatoms. The Bertz CT molecular complexity index is 706. The van der Waals surface area contributed by atoms with Crippen LogP contribution in [-0.4, -0.2) is 50.3 Å². The van der Waals surface area contributed by atoms with Crippen LogP contribution in [0.4, 0.5) is 0 Å². The predicted octanol–water partition coefficient (Wildman–Crippen LogP) is 1.25. The van der Waals surface area contributed by atoms with Crippen LogP contribution in [-0.2, 0) is 12.8 Å². The molecule has 3 rings (SSSR count). The Morgan fingerprint density at radius 3 is 2.87 bits per heavy atom. The highest BCUT2D eigenvalue weighted by molar-refractivity contribution is 5.92. The molecule has 0 unspecified atom stereocenters. The Morgan fingerprint density at radius 2 is 2.26 bits per heavy atom. The lowest BCUT2D eigenvalue weighted by Gasteiger charge is -2.14. The molecule has 1 saturated heterocycles. The lowest BCUT2D eigenvalue weighted by molar-refractivity contribution is 0.0731. The molecule has 1 fully saturated rings. The van der Waals surface area contributed by atoms with Crippen molar-refractivity contribution in [2.75, 3.05) is 13.1 Å². The van der Waals surface area contributed by atoms with E-state index in [4.69, 9.17) is 4.42 Å². The number of aliphatic hydroxyl groups is 1. The number of aromatic nitrogens is 3. The van der Waals surface area contributed by atoms with Gasteiger partial charge in [-0.15, -0.1) is 0 Å². The smallest absolute Gasteiger partial charge is 0.291 e. The first kappa shape index (κ1) is 15.7. The van der Waals surface area contributed by atoms with Gasteiger partial charge in [0.1, 0.15) is 0 Å². The Labute approximate surface area is 134 Å². The van der Waals surface area contributed by atoms with Crippen molar-refractivity contribution in [3.8, 4) is 0 Å². The number of aliphatic hydroxyl groups excluding tert-OH is 1. The molecule has 2 N–H and O–H groups in total. The molecule has 0 bridgehead atoms. The number of β-amino-alcohol motifs (C(OH)–C–C–N with tert-alkyl or cyclic N) is 1. The Balaban J connectivity index is 1.69. The molecular formula is C16H22N4O3. The Morgan fingerprint density at radius 1 is 1.48 bits per heavy atom. The minimum atomic E-state index is -0.551. The van der Waals surface area contributed by atoms with Gasteiger partial charge in [0, 0.05) is 31.1 Å². The van der Waals surface area contributed by atoms with Gasteiger partial charge in [-0.3, -0.25) is 9.89 Å². The minimum Gasteiger partial charge on any atom is -0.435 e. The number of hydrogen-bond donors (Lipinski definition) is 2. The van der Waals surface area contributed by atoms with E-state index >= 15 is 0 Å². The number of nitrogens with one attached hydrogen (secondary N) is 1. The molecule has 0 aromatic carbocycles. The second-order valence-electron chi connectivity index (χ2n) is 6.16. The highest BCUT2D eigenvalue weighted by Crippen LogP contribution is 2.24. The SMILES string of the molecule is CCc1nc(C)c(C(=O)N2C[C@@H](Cc3cc(C)[nH]n3)[C@@H](O)C2)o1. The van der Waals surface area contributed by atoms with Gasteiger partial charge in [-0.1, -0.05) is 6.92 Å². The second kappa shape index (κ2) is 6.16. The van der Waals surface area contributed by atoms with Crippen molar-refractivity contribution in [2.45, 2.75) is 39.7 Å². The molecule has 0 radical (unpaired) electrons.